The highest BCUT2D eigenvalue weighted by Crippen LogP contribution is 2.27. The molecule has 0 saturated heterocycles. The summed E-state index contributed by atoms with van der Waals surface area (Å²) in [5.74, 6) is -0.636. The van der Waals surface area contributed by atoms with Crippen LogP contribution in [0.15, 0.2) is 18.2 Å². The van der Waals surface area contributed by atoms with Crippen LogP contribution in [-0.2, 0) is 11.2 Å². The van der Waals surface area contributed by atoms with E-state index in [9.17, 15) is 9.90 Å². The summed E-state index contributed by atoms with van der Waals surface area (Å²) in [6.45, 7) is 1.68. The summed E-state index contributed by atoms with van der Waals surface area (Å²) >= 11 is 0. The molecular weight excluding hydrogens is 208 g/mol. The van der Waals surface area contributed by atoms with Gasteiger partial charge in [-0.2, -0.15) is 0 Å². The van der Waals surface area contributed by atoms with Crippen LogP contribution in [0.3, 0.4) is 0 Å². The highest BCUT2D eigenvalue weighted by atomic mass is 16.5. The van der Waals surface area contributed by atoms with E-state index in [-0.39, 0.29) is 11.7 Å². The van der Waals surface area contributed by atoms with Gasteiger partial charge in [-0.1, -0.05) is 13.0 Å². The molecule has 1 rings (SSSR count). The van der Waals surface area contributed by atoms with Gasteiger partial charge in [0, 0.05) is 0 Å². The van der Waals surface area contributed by atoms with Crippen molar-refractivity contribution in [2.24, 2.45) is 5.92 Å². The smallest absolute Gasteiger partial charge is 0.306 e. The number of carboxylic acid groups (broad SMARTS) is 1. The number of aromatic hydroxyl groups is 1. The molecular formula is C12H16O4. The van der Waals surface area contributed by atoms with E-state index >= 15 is 0 Å². The molecule has 1 unspecified atom stereocenters. The Kier molecular flexibility index (Phi) is 4.17. The Labute approximate surface area is 94.5 Å². The zero-order valence-electron chi connectivity index (χ0n) is 9.43. The van der Waals surface area contributed by atoms with Gasteiger partial charge in [-0.25, -0.2) is 0 Å². The van der Waals surface area contributed by atoms with Gasteiger partial charge in [-0.3, -0.25) is 4.79 Å². The average molecular weight is 224 g/mol. The highest BCUT2D eigenvalue weighted by molar-refractivity contribution is 5.69. The van der Waals surface area contributed by atoms with Gasteiger partial charge in [0.05, 0.1) is 13.0 Å². The first kappa shape index (κ1) is 12.4. The van der Waals surface area contributed by atoms with Crippen LogP contribution >= 0.6 is 0 Å². The molecule has 88 valence electrons. The highest BCUT2D eigenvalue weighted by Gasteiger charge is 2.11. The van der Waals surface area contributed by atoms with Gasteiger partial charge in [0.15, 0.2) is 11.5 Å². The van der Waals surface area contributed by atoms with Crippen LogP contribution in [0.5, 0.6) is 11.5 Å². The fourth-order valence-electron chi connectivity index (χ4n) is 1.38. The summed E-state index contributed by atoms with van der Waals surface area (Å²) in [5, 5.41) is 18.1. The molecule has 0 radical (unpaired) electrons. The Hall–Kier alpha value is -1.71. The third kappa shape index (κ3) is 3.15. The molecule has 4 heteroatoms. The third-order valence-electron chi connectivity index (χ3n) is 2.53. The molecule has 1 aromatic rings. The van der Waals surface area contributed by atoms with Crippen molar-refractivity contribution in [3.63, 3.8) is 0 Å². The summed E-state index contributed by atoms with van der Waals surface area (Å²) in [7, 11) is 1.48. The van der Waals surface area contributed by atoms with Crippen LogP contribution in [0.25, 0.3) is 0 Å². The van der Waals surface area contributed by atoms with Crippen molar-refractivity contribution in [3.8, 4) is 11.5 Å². The molecule has 1 aromatic carbocycles. The number of hydrogen-bond acceptors (Lipinski definition) is 3. The Morgan fingerprint density at radius 2 is 2.19 bits per heavy atom. The van der Waals surface area contributed by atoms with E-state index in [1.165, 1.54) is 7.11 Å². The summed E-state index contributed by atoms with van der Waals surface area (Å²) in [6, 6.07) is 5.05. The molecule has 2 N–H and O–H groups in total. The number of benzene rings is 1. The van der Waals surface area contributed by atoms with Crippen molar-refractivity contribution in [3.05, 3.63) is 23.8 Å². The second kappa shape index (κ2) is 5.39. The lowest BCUT2D eigenvalue weighted by molar-refractivity contribution is -0.141. The molecule has 0 spiro atoms. The maximum Gasteiger partial charge on any atom is 0.306 e. The van der Waals surface area contributed by atoms with Crippen LogP contribution in [0, 0.1) is 5.92 Å². The molecule has 0 bridgehead atoms. The predicted molar refractivity (Wildman–Crippen MR) is 59.8 cm³/mol. The Balaban J connectivity index is 2.64. The van der Waals surface area contributed by atoms with Gasteiger partial charge in [0.1, 0.15) is 0 Å². The number of methoxy groups -OCH3 is 1. The standard InChI is InChI=1S/C12H16O4/c1-8(12(14)15)3-4-9-5-6-10(13)11(7-9)16-2/h5-8,13H,3-4H2,1-2H3,(H,14,15). The summed E-state index contributed by atoms with van der Waals surface area (Å²) < 4.78 is 4.97. The molecule has 16 heavy (non-hydrogen) atoms. The van der Waals surface area contributed by atoms with Crippen LogP contribution in [-0.4, -0.2) is 23.3 Å². The summed E-state index contributed by atoms with van der Waals surface area (Å²) in [6.07, 6.45) is 1.23. The largest absolute Gasteiger partial charge is 0.504 e. The Morgan fingerprint density at radius 3 is 2.75 bits per heavy atom. The van der Waals surface area contributed by atoms with Gasteiger partial charge < -0.3 is 14.9 Å². The monoisotopic (exact) mass is 224 g/mol. The lowest BCUT2D eigenvalue weighted by Crippen LogP contribution is -2.10. The van der Waals surface area contributed by atoms with E-state index in [1.54, 1.807) is 25.1 Å². The maximum absolute atomic E-state index is 10.6. The van der Waals surface area contributed by atoms with E-state index in [0.29, 0.717) is 18.6 Å². The minimum absolute atomic E-state index is 0.0949. The number of aliphatic carboxylic acids is 1. The first-order chi connectivity index (χ1) is 7.54. The minimum Gasteiger partial charge on any atom is -0.504 e. The first-order valence-electron chi connectivity index (χ1n) is 5.13. The quantitative estimate of drug-likeness (QED) is 0.803. The normalized spacial score (nSPS) is 12.1. The predicted octanol–water partition coefficient (Wildman–Crippen LogP) is 2.05. The summed E-state index contributed by atoms with van der Waals surface area (Å²) in [4.78, 5) is 10.6. The number of phenolic OH excluding ortho intramolecular Hbond substituents is 1. The molecule has 0 fully saturated rings. The number of phenols is 1. The molecule has 0 saturated carbocycles. The van der Waals surface area contributed by atoms with Crippen LogP contribution < -0.4 is 4.74 Å². The topological polar surface area (TPSA) is 66.8 Å². The lowest BCUT2D eigenvalue weighted by Gasteiger charge is -2.08. The van der Waals surface area contributed by atoms with Crippen molar-refractivity contribution in [1.29, 1.82) is 0 Å². The summed E-state index contributed by atoms with van der Waals surface area (Å²) in [5.41, 5.74) is 0.961. The van der Waals surface area contributed by atoms with E-state index in [2.05, 4.69) is 0 Å². The fraction of sp³-hybridized carbons (Fsp3) is 0.417. The third-order valence-corrected chi connectivity index (χ3v) is 2.53. The van der Waals surface area contributed by atoms with Crippen molar-refractivity contribution in [2.45, 2.75) is 19.8 Å². The van der Waals surface area contributed by atoms with E-state index in [4.69, 9.17) is 9.84 Å². The molecule has 0 aliphatic rings. The van der Waals surface area contributed by atoms with Crippen LogP contribution in [0.1, 0.15) is 18.9 Å². The number of aryl methyl sites for hydroxylation is 1. The number of ether oxygens (including phenoxy) is 1. The van der Waals surface area contributed by atoms with Gasteiger partial charge in [-0.05, 0) is 30.5 Å². The average Bonchev–Trinajstić information content (AvgIpc) is 2.27. The number of carbonyl (C=O) groups is 1. The molecule has 1 atom stereocenters. The van der Waals surface area contributed by atoms with Crippen molar-refractivity contribution in [1.82, 2.24) is 0 Å². The van der Waals surface area contributed by atoms with Crippen LogP contribution in [0.4, 0.5) is 0 Å². The SMILES string of the molecule is COc1cc(CCC(C)C(=O)O)ccc1O. The van der Waals surface area contributed by atoms with E-state index in [1.807, 2.05) is 0 Å². The lowest BCUT2D eigenvalue weighted by atomic mass is 10.0. The minimum atomic E-state index is -0.786. The van der Waals surface area contributed by atoms with E-state index < -0.39 is 5.97 Å². The second-order valence-corrected chi connectivity index (χ2v) is 3.78. The van der Waals surface area contributed by atoms with Gasteiger partial charge >= 0.3 is 5.97 Å². The van der Waals surface area contributed by atoms with Crippen molar-refractivity contribution in [2.75, 3.05) is 7.11 Å². The van der Waals surface area contributed by atoms with Crippen molar-refractivity contribution < 1.29 is 19.7 Å². The molecule has 0 amide bonds. The van der Waals surface area contributed by atoms with Gasteiger partial charge in [-0.15, -0.1) is 0 Å². The second-order valence-electron chi connectivity index (χ2n) is 3.78. The first-order valence-corrected chi connectivity index (χ1v) is 5.13. The fourth-order valence-corrected chi connectivity index (χ4v) is 1.38. The number of hydrogen-bond donors (Lipinski definition) is 2. The molecule has 0 aliphatic heterocycles. The number of carboxylic acids is 1. The molecule has 0 heterocycles. The van der Waals surface area contributed by atoms with Gasteiger partial charge in [0.25, 0.3) is 0 Å². The Morgan fingerprint density at radius 1 is 1.50 bits per heavy atom. The number of rotatable bonds is 5. The van der Waals surface area contributed by atoms with Crippen molar-refractivity contribution >= 4 is 5.97 Å². The zero-order valence-corrected chi connectivity index (χ0v) is 9.43. The maximum atomic E-state index is 10.6. The zero-order chi connectivity index (χ0) is 12.1. The van der Waals surface area contributed by atoms with E-state index in [0.717, 1.165) is 5.56 Å². The molecule has 0 aliphatic carbocycles. The molecule has 4 nitrogen and oxygen atoms in total. The van der Waals surface area contributed by atoms with Crippen LogP contribution in [0.2, 0.25) is 0 Å². The Bertz CT molecular complexity index is 373. The van der Waals surface area contributed by atoms with Gasteiger partial charge in [0.2, 0.25) is 0 Å². The molecule has 0 aromatic heterocycles.